The summed E-state index contributed by atoms with van der Waals surface area (Å²) in [5, 5.41) is 0. The fraction of sp³-hybridized carbons (Fsp3) is 0.250. The SMILES string of the molecule is CCc1cc(C(N)=S)ccn1.[NaH]. The van der Waals surface area contributed by atoms with Crippen LogP contribution in [-0.4, -0.2) is 39.5 Å². The molecule has 0 amide bonds. The van der Waals surface area contributed by atoms with Crippen LogP contribution < -0.4 is 5.73 Å². The van der Waals surface area contributed by atoms with Crippen molar-refractivity contribution >= 4 is 46.8 Å². The Balaban J connectivity index is 0.00000121. The van der Waals surface area contributed by atoms with Crippen LogP contribution in [-0.2, 0) is 6.42 Å². The molecule has 0 saturated heterocycles. The quantitative estimate of drug-likeness (QED) is 0.549. The summed E-state index contributed by atoms with van der Waals surface area (Å²) >= 11 is 4.82. The Labute approximate surface area is 99.9 Å². The van der Waals surface area contributed by atoms with Gasteiger partial charge in [0.15, 0.2) is 0 Å². The Kier molecular flexibility index (Phi) is 5.66. The third-order valence-electron chi connectivity index (χ3n) is 1.46. The number of pyridine rings is 1. The molecule has 2 N–H and O–H groups in total. The third kappa shape index (κ3) is 3.19. The van der Waals surface area contributed by atoms with Crippen molar-refractivity contribution in [1.82, 2.24) is 4.98 Å². The zero-order chi connectivity index (χ0) is 8.27. The van der Waals surface area contributed by atoms with Gasteiger partial charge < -0.3 is 5.73 Å². The first-order valence-corrected chi connectivity index (χ1v) is 3.89. The maximum atomic E-state index is 5.44. The fourth-order valence-electron chi connectivity index (χ4n) is 0.825. The molecule has 1 aromatic rings. The number of nitrogens with two attached hydrogens (primary N) is 1. The Bertz CT molecular complexity index is 276. The number of hydrogen-bond acceptors (Lipinski definition) is 2. The van der Waals surface area contributed by atoms with Crippen molar-refractivity contribution in [2.45, 2.75) is 13.3 Å². The first kappa shape index (κ1) is 12.0. The van der Waals surface area contributed by atoms with Crippen molar-refractivity contribution in [3.05, 3.63) is 29.6 Å². The third-order valence-corrected chi connectivity index (χ3v) is 1.70. The molecule has 60 valence electrons. The number of hydrogen-bond donors (Lipinski definition) is 1. The number of thiocarbonyl (C=S) groups is 1. The molecule has 1 rings (SSSR count). The maximum absolute atomic E-state index is 5.44. The molecular weight excluding hydrogens is 179 g/mol. The van der Waals surface area contributed by atoms with Gasteiger partial charge in [-0.1, -0.05) is 19.1 Å². The zero-order valence-electron chi connectivity index (χ0n) is 6.37. The molecule has 0 spiro atoms. The summed E-state index contributed by atoms with van der Waals surface area (Å²) in [6.07, 6.45) is 2.64. The molecule has 1 aromatic heterocycles. The van der Waals surface area contributed by atoms with Gasteiger partial charge in [-0.15, -0.1) is 0 Å². The van der Waals surface area contributed by atoms with Crippen LogP contribution in [0.4, 0.5) is 0 Å². The molecule has 0 fully saturated rings. The molecule has 1 heterocycles. The number of aryl methyl sites for hydroxylation is 1. The number of rotatable bonds is 2. The molecule has 0 bridgehead atoms. The van der Waals surface area contributed by atoms with E-state index in [0.717, 1.165) is 17.7 Å². The van der Waals surface area contributed by atoms with Gasteiger partial charge in [0.05, 0.1) is 0 Å². The molecule has 12 heavy (non-hydrogen) atoms. The second-order valence-electron chi connectivity index (χ2n) is 2.25. The molecular formula is C8H11N2NaS. The monoisotopic (exact) mass is 190 g/mol. The average Bonchev–Trinajstić information content (AvgIpc) is 2.05. The normalized spacial score (nSPS) is 8.75. The Hall–Kier alpha value is 0.0400. The van der Waals surface area contributed by atoms with E-state index in [2.05, 4.69) is 4.98 Å². The summed E-state index contributed by atoms with van der Waals surface area (Å²) in [4.78, 5) is 4.56. The zero-order valence-corrected chi connectivity index (χ0v) is 7.19. The molecule has 2 nitrogen and oxygen atoms in total. The van der Waals surface area contributed by atoms with E-state index in [0.29, 0.717) is 4.99 Å². The molecule has 0 aliphatic carbocycles. The van der Waals surface area contributed by atoms with Crippen LogP contribution in [0.1, 0.15) is 18.2 Å². The molecule has 0 radical (unpaired) electrons. The van der Waals surface area contributed by atoms with E-state index in [1.54, 1.807) is 6.20 Å². The predicted octanol–water partition coefficient (Wildman–Crippen LogP) is 0.630. The van der Waals surface area contributed by atoms with Gasteiger partial charge in [0.1, 0.15) is 4.99 Å². The minimum absolute atomic E-state index is 0. The molecule has 4 heteroatoms. The van der Waals surface area contributed by atoms with E-state index in [1.165, 1.54) is 0 Å². The van der Waals surface area contributed by atoms with Gasteiger partial charge in [0, 0.05) is 17.5 Å². The van der Waals surface area contributed by atoms with E-state index in [-0.39, 0.29) is 29.6 Å². The Morgan fingerprint density at radius 3 is 2.83 bits per heavy atom. The standard InChI is InChI=1S/C8H10N2S.Na.H/c1-2-7-5-6(8(9)11)3-4-10-7;;/h3-5H,2H2,1H3,(H2,9,11);;. The molecule has 0 aliphatic rings. The first-order valence-electron chi connectivity index (χ1n) is 3.48. The van der Waals surface area contributed by atoms with Gasteiger partial charge in [-0.25, -0.2) is 0 Å². The van der Waals surface area contributed by atoms with Gasteiger partial charge >= 0.3 is 29.6 Å². The van der Waals surface area contributed by atoms with E-state index in [4.69, 9.17) is 18.0 Å². The van der Waals surface area contributed by atoms with Gasteiger partial charge in [-0.2, -0.15) is 0 Å². The summed E-state index contributed by atoms with van der Waals surface area (Å²) in [6, 6.07) is 3.74. The van der Waals surface area contributed by atoms with E-state index < -0.39 is 0 Å². The van der Waals surface area contributed by atoms with Gasteiger partial charge in [-0.3, -0.25) is 4.98 Å². The van der Waals surface area contributed by atoms with Crippen LogP contribution in [0.25, 0.3) is 0 Å². The second-order valence-corrected chi connectivity index (χ2v) is 2.69. The van der Waals surface area contributed by atoms with Crippen LogP contribution >= 0.6 is 12.2 Å². The summed E-state index contributed by atoms with van der Waals surface area (Å²) in [5.74, 6) is 0. The van der Waals surface area contributed by atoms with Crippen molar-refractivity contribution in [3.8, 4) is 0 Å². The van der Waals surface area contributed by atoms with Gasteiger partial charge in [0.2, 0.25) is 0 Å². The van der Waals surface area contributed by atoms with Crippen LogP contribution in [0.15, 0.2) is 18.3 Å². The van der Waals surface area contributed by atoms with Crippen LogP contribution in [0.5, 0.6) is 0 Å². The summed E-state index contributed by atoms with van der Waals surface area (Å²) < 4.78 is 0. The van der Waals surface area contributed by atoms with Crippen molar-refractivity contribution < 1.29 is 0 Å². The topological polar surface area (TPSA) is 38.9 Å². The molecule has 0 saturated carbocycles. The van der Waals surface area contributed by atoms with Crippen LogP contribution in [0, 0.1) is 0 Å². The van der Waals surface area contributed by atoms with Crippen molar-refractivity contribution in [2.75, 3.05) is 0 Å². The second kappa shape index (κ2) is 5.65. The number of aromatic nitrogens is 1. The Morgan fingerprint density at radius 1 is 1.67 bits per heavy atom. The van der Waals surface area contributed by atoms with Crippen LogP contribution in [0.2, 0.25) is 0 Å². The van der Waals surface area contributed by atoms with Gasteiger partial charge in [0.25, 0.3) is 0 Å². The molecule has 0 atom stereocenters. The minimum atomic E-state index is 0. The van der Waals surface area contributed by atoms with Crippen LogP contribution in [0.3, 0.4) is 0 Å². The predicted molar refractivity (Wildman–Crippen MR) is 56.7 cm³/mol. The van der Waals surface area contributed by atoms with E-state index >= 15 is 0 Å². The number of nitrogens with zero attached hydrogens (tertiary/aromatic N) is 1. The molecule has 0 aliphatic heterocycles. The summed E-state index contributed by atoms with van der Waals surface area (Å²) in [7, 11) is 0. The van der Waals surface area contributed by atoms with Crippen molar-refractivity contribution in [3.63, 3.8) is 0 Å². The average molecular weight is 190 g/mol. The molecule has 0 unspecified atom stereocenters. The first-order chi connectivity index (χ1) is 5.24. The van der Waals surface area contributed by atoms with E-state index in [1.807, 2.05) is 19.1 Å². The van der Waals surface area contributed by atoms with Gasteiger partial charge in [-0.05, 0) is 18.6 Å². The van der Waals surface area contributed by atoms with Crippen molar-refractivity contribution in [1.29, 1.82) is 0 Å². The van der Waals surface area contributed by atoms with Crippen molar-refractivity contribution in [2.24, 2.45) is 5.73 Å². The summed E-state index contributed by atoms with van der Waals surface area (Å²) in [6.45, 7) is 2.05. The Morgan fingerprint density at radius 2 is 2.33 bits per heavy atom. The molecule has 0 aromatic carbocycles. The summed E-state index contributed by atoms with van der Waals surface area (Å²) in [5.41, 5.74) is 7.36. The van der Waals surface area contributed by atoms with E-state index in [9.17, 15) is 0 Å². The fourth-order valence-corrected chi connectivity index (χ4v) is 0.952.